The topological polar surface area (TPSA) is 93.3 Å². The van der Waals surface area contributed by atoms with E-state index in [0.717, 1.165) is 0 Å². The molecule has 0 aliphatic carbocycles. The first-order valence-electron chi connectivity index (χ1n) is 11.7. The van der Waals surface area contributed by atoms with Crippen molar-refractivity contribution in [2.75, 3.05) is 11.5 Å². The number of amides is 2. The number of pyridine rings is 1. The van der Waals surface area contributed by atoms with Gasteiger partial charge in [-0.3, -0.25) is 9.59 Å². The van der Waals surface area contributed by atoms with Crippen molar-refractivity contribution < 1.29 is 24.2 Å². The third-order valence-corrected chi connectivity index (χ3v) is 8.05. The summed E-state index contributed by atoms with van der Waals surface area (Å²) in [6.07, 6.45) is 1.11. The predicted molar refractivity (Wildman–Crippen MR) is 132 cm³/mol. The molecule has 6 rings (SSSR count). The molecule has 2 bridgehead atoms. The van der Waals surface area contributed by atoms with Crippen LogP contribution in [0, 0.1) is 18.4 Å². The summed E-state index contributed by atoms with van der Waals surface area (Å²) >= 11 is 5.88. The standard InChI is InChI=1S/C27H22ClN3O5/c1-26-20(32)13-27(36-26,11-12-35-21-10-7-15(28)14-30-21)23-22(26)24(33)31(25(23)34)19-9-8-18(29-2)16-5-3-4-6-17(16)19/h3-10,14,20,22-23,32H,11-13H2,1H3/t20?,22-,23+,26?,27?/m1/s1. The Balaban J connectivity index is 1.35. The lowest BCUT2D eigenvalue weighted by Gasteiger charge is -2.33. The summed E-state index contributed by atoms with van der Waals surface area (Å²) in [5.74, 6) is -1.94. The van der Waals surface area contributed by atoms with Crippen LogP contribution in [0.3, 0.4) is 0 Å². The van der Waals surface area contributed by atoms with Crippen molar-refractivity contribution in [2.24, 2.45) is 11.8 Å². The van der Waals surface area contributed by atoms with Gasteiger partial charge in [-0.25, -0.2) is 14.7 Å². The molecule has 5 atom stereocenters. The fraction of sp³-hybridized carbons (Fsp3) is 0.333. The van der Waals surface area contributed by atoms with Crippen LogP contribution >= 0.6 is 11.6 Å². The number of halogens is 1. The van der Waals surface area contributed by atoms with E-state index in [4.69, 9.17) is 27.6 Å². The lowest BCUT2D eigenvalue weighted by atomic mass is 9.66. The zero-order valence-electron chi connectivity index (χ0n) is 19.3. The molecule has 2 amide bonds. The highest BCUT2D eigenvalue weighted by Crippen LogP contribution is 2.62. The smallest absolute Gasteiger partial charge is 0.240 e. The molecule has 0 spiro atoms. The molecule has 8 nitrogen and oxygen atoms in total. The minimum absolute atomic E-state index is 0.185. The Morgan fingerprint density at radius 1 is 1.17 bits per heavy atom. The zero-order chi connectivity index (χ0) is 25.2. The van der Waals surface area contributed by atoms with Crippen LogP contribution in [-0.4, -0.2) is 45.8 Å². The molecule has 3 aliphatic rings. The normalized spacial score (nSPS) is 30.6. The molecule has 9 heteroatoms. The zero-order valence-corrected chi connectivity index (χ0v) is 20.1. The number of imide groups is 1. The van der Waals surface area contributed by atoms with Crippen molar-refractivity contribution in [3.05, 3.63) is 71.2 Å². The summed E-state index contributed by atoms with van der Waals surface area (Å²) in [4.78, 5) is 36.7. The van der Waals surface area contributed by atoms with Crippen molar-refractivity contribution in [3.63, 3.8) is 0 Å². The Hall–Kier alpha value is -3.51. The molecule has 2 aromatic carbocycles. The number of carbonyl (C=O) groups excluding carboxylic acids is 2. The van der Waals surface area contributed by atoms with E-state index in [1.165, 1.54) is 11.1 Å². The van der Waals surface area contributed by atoms with Gasteiger partial charge >= 0.3 is 0 Å². The van der Waals surface area contributed by atoms with E-state index < -0.39 is 35.0 Å². The highest BCUT2D eigenvalue weighted by Gasteiger charge is 2.77. The third kappa shape index (κ3) is 3.10. The Morgan fingerprint density at radius 2 is 1.92 bits per heavy atom. The van der Waals surface area contributed by atoms with Gasteiger partial charge in [-0.2, -0.15) is 0 Å². The van der Waals surface area contributed by atoms with Gasteiger partial charge in [0.1, 0.15) is 5.60 Å². The van der Waals surface area contributed by atoms with Crippen molar-refractivity contribution in [1.82, 2.24) is 4.98 Å². The summed E-state index contributed by atoms with van der Waals surface area (Å²) in [5.41, 5.74) is -1.34. The number of aromatic nitrogens is 1. The number of fused-ring (bicyclic) bond motifs is 6. The number of benzene rings is 2. The van der Waals surface area contributed by atoms with Crippen LogP contribution in [0.15, 0.2) is 54.7 Å². The molecule has 3 saturated heterocycles. The molecule has 1 aromatic heterocycles. The van der Waals surface area contributed by atoms with Gasteiger partial charge in [0, 0.05) is 25.1 Å². The molecule has 36 heavy (non-hydrogen) atoms. The van der Waals surface area contributed by atoms with Crippen LogP contribution in [0.2, 0.25) is 5.02 Å². The maximum Gasteiger partial charge on any atom is 0.240 e. The number of nitrogens with zero attached hydrogens (tertiary/aromatic N) is 3. The Labute approximate surface area is 212 Å². The summed E-state index contributed by atoms with van der Waals surface area (Å²) in [5, 5.41) is 12.7. The second-order valence-electron chi connectivity index (χ2n) is 9.71. The van der Waals surface area contributed by atoms with E-state index in [-0.39, 0.29) is 18.9 Å². The monoisotopic (exact) mass is 503 g/mol. The third-order valence-electron chi connectivity index (χ3n) is 7.83. The lowest BCUT2D eigenvalue weighted by molar-refractivity contribution is -0.134. The van der Waals surface area contributed by atoms with Crippen molar-refractivity contribution in [3.8, 4) is 5.88 Å². The summed E-state index contributed by atoms with van der Waals surface area (Å²) in [7, 11) is 0. The van der Waals surface area contributed by atoms with E-state index in [9.17, 15) is 14.7 Å². The Morgan fingerprint density at radius 3 is 2.64 bits per heavy atom. The number of ether oxygens (including phenoxy) is 2. The van der Waals surface area contributed by atoms with Crippen LogP contribution < -0.4 is 9.64 Å². The van der Waals surface area contributed by atoms with Crippen molar-refractivity contribution in [2.45, 2.75) is 37.1 Å². The molecule has 3 aliphatic heterocycles. The van der Waals surface area contributed by atoms with Gasteiger partial charge in [0.15, 0.2) is 5.69 Å². The Kier molecular flexibility index (Phi) is 5.09. The molecule has 0 saturated carbocycles. The molecule has 3 unspecified atom stereocenters. The number of hydrogen-bond donors (Lipinski definition) is 1. The van der Waals surface area contributed by atoms with Gasteiger partial charge < -0.3 is 14.6 Å². The number of rotatable bonds is 5. The van der Waals surface area contributed by atoms with E-state index in [1.807, 2.05) is 12.1 Å². The van der Waals surface area contributed by atoms with Gasteiger partial charge in [-0.1, -0.05) is 41.9 Å². The average molecular weight is 504 g/mol. The summed E-state index contributed by atoms with van der Waals surface area (Å²) in [6, 6.07) is 13.8. The van der Waals surface area contributed by atoms with Gasteiger partial charge in [-0.15, -0.1) is 0 Å². The van der Waals surface area contributed by atoms with E-state index in [2.05, 4.69) is 9.83 Å². The predicted octanol–water partition coefficient (Wildman–Crippen LogP) is 4.31. The SMILES string of the molecule is [C-]#[N+]c1ccc(N2C(=O)[C@@H]3[C@H](C2=O)C2(C)OC3(CCOc3ccc(Cl)cn3)CC2O)c2ccccc12. The van der Waals surface area contributed by atoms with E-state index >= 15 is 0 Å². The molecular weight excluding hydrogens is 482 g/mol. The quantitative estimate of drug-likeness (QED) is 0.412. The number of aliphatic hydroxyl groups excluding tert-OH is 1. The highest BCUT2D eigenvalue weighted by atomic mass is 35.5. The first kappa shape index (κ1) is 22.9. The molecule has 4 heterocycles. The van der Waals surface area contributed by atoms with Crippen molar-refractivity contribution in [1.29, 1.82) is 0 Å². The largest absolute Gasteiger partial charge is 0.478 e. The second-order valence-corrected chi connectivity index (χ2v) is 10.1. The van der Waals surface area contributed by atoms with Crippen LogP contribution in [0.5, 0.6) is 5.88 Å². The first-order valence-corrected chi connectivity index (χ1v) is 12.1. The molecule has 182 valence electrons. The highest BCUT2D eigenvalue weighted by molar-refractivity contribution is 6.30. The number of aliphatic hydroxyl groups is 1. The van der Waals surface area contributed by atoms with Gasteiger partial charge in [-0.05, 0) is 29.8 Å². The first-order chi connectivity index (χ1) is 17.3. The number of anilines is 1. The summed E-state index contributed by atoms with van der Waals surface area (Å²) < 4.78 is 12.1. The maximum atomic E-state index is 13.9. The molecule has 3 fully saturated rings. The van der Waals surface area contributed by atoms with Gasteiger partial charge in [0.2, 0.25) is 17.7 Å². The summed E-state index contributed by atoms with van der Waals surface area (Å²) in [6.45, 7) is 9.36. The molecule has 0 radical (unpaired) electrons. The molecule has 3 aromatic rings. The molecular formula is C27H22ClN3O5. The lowest BCUT2D eigenvalue weighted by Crippen LogP contribution is -2.49. The average Bonchev–Trinajstić information content (AvgIpc) is 3.41. The fourth-order valence-corrected chi connectivity index (χ4v) is 6.31. The van der Waals surface area contributed by atoms with Gasteiger partial charge in [0.05, 0.1) is 47.4 Å². The van der Waals surface area contributed by atoms with Crippen LogP contribution in [0.1, 0.15) is 19.8 Å². The number of carbonyl (C=O) groups is 2. The molecule has 1 N–H and O–H groups in total. The van der Waals surface area contributed by atoms with Crippen LogP contribution in [0.25, 0.3) is 15.6 Å². The number of hydrogen-bond acceptors (Lipinski definition) is 6. The maximum absolute atomic E-state index is 13.9. The van der Waals surface area contributed by atoms with Crippen LogP contribution in [-0.2, 0) is 14.3 Å². The van der Waals surface area contributed by atoms with Crippen molar-refractivity contribution >= 4 is 45.6 Å². The second kappa shape index (κ2) is 8.00. The minimum Gasteiger partial charge on any atom is -0.478 e. The minimum atomic E-state index is -1.18. The Bertz CT molecular complexity index is 1450. The van der Waals surface area contributed by atoms with Gasteiger partial charge in [0.25, 0.3) is 0 Å². The van der Waals surface area contributed by atoms with Crippen LogP contribution in [0.4, 0.5) is 11.4 Å². The van der Waals surface area contributed by atoms with E-state index in [0.29, 0.717) is 39.5 Å². The fourth-order valence-electron chi connectivity index (χ4n) is 6.20. The van der Waals surface area contributed by atoms with E-state index in [1.54, 1.807) is 43.3 Å².